The zero-order chi connectivity index (χ0) is 5.21. The molecule has 0 amide bonds. The van der Waals surface area contributed by atoms with Crippen LogP contribution in [0.2, 0.25) is 0 Å². The Balaban J connectivity index is 0. The maximum absolute atomic E-state index is 9.58. The molecule has 0 fully saturated rings. The molecule has 44 valence electrons. The van der Waals surface area contributed by atoms with E-state index < -0.39 is 7.60 Å². The van der Waals surface area contributed by atoms with Crippen LogP contribution in [0.1, 0.15) is 0 Å². The number of rotatable bonds is 1. The Hall–Kier alpha value is 0.180. The Labute approximate surface area is 47.6 Å². The van der Waals surface area contributed by atoms with Gasteiger partial charge >= 0.3 is 7.60 Å². The largest absolute Gasteiger partial charge is 0.348 e. The van der Waals surface area contributed by atoms with E-state index in [0.29, 0.717) is 5.82 Å². The maximum Gasteiger partial charge on any atom is 0.348 e. The van der Waals surface area contributed by atoms with Gasteiger partial charge in [-0.15, -0.1) is 12.4 Å². The van der Waals surface area contributed by atoms with E-state index in [1.807, 2.05) is 0 Å². The van der Waals surface area contributed by atoms with E-state index in [9.17, 15) is 4.57 Å². The van der Waals surface area contributed by atoms with Gasteiger partial charge in [-0.1, -0.05) is 6.58 Å². The fourth-order valence-corrected chi connectivity index (χ4v) is 0. The molecule has 0 aliphatic heterocycles. The number of hydrogen-bond donors (Lipinski definition) is 2. The van der Waals surface area contributed by atoms with Crippen molar-refractivity contribution < 1.29 is 14.4 Å². The lowest BCUT2D eigenvalue weighted by molar-refractivity contribution is 0.386. The summed E-state index contributed by atoms with van der Waals surface area (Å²) in [5.74, 6) is 0.604. The van der Waals surface area contributed by atoms with Crippen LogP contribution in [0.25, 0.3) is 0 Å². The SMILES string of the molecule is C=CP(=O)(O)O.Cl. The van der Waals surface area contributed by atoms with Gasteiger partial charge in [0.2, 0.25) is 0 Å². The highest BCUT2D eigenvalue weighted by Crippen LogP contribution is 2.34. The lowest BCUT2D eigenvalue weighted by Crippen LogP contribution is -1.63. The summed E-state index contributed by atoms with van der Waals surface area (Å²) in [5, 5.41) is 0. The number of hydrogen-bond acceptors (Lipinski definition) is 1. The Morgan fingerprint density at radius 1 is 1.57 bits per heavy atom. The normalized spacial score (nSPS) is 9.43. The quantitative estimate of drug-likeness (QED) is 0.534. The van der Waals surface area contributed by atoms with Crippen molar-refractivity contribution in [2.24, 2.45) is 0 Å². The molecule has 0 unspecified atom stereocenters. The topological polar surface area (TPSA) is 57.5 Å². The van der Waals surface area contributed by atoms with Crippen LogP contribution in [0.5, 0.6) is 0 Å². The predicted molar refractivity (Wildman–Crippen MR) is 29.5 cm³/mol. The second-order valence-corrected chi connectivity index (χ2v) is 2.31. The molecule has 0 saturated heterocycles. The van der Waals surface area contributed by atoms with Gasteiger partial charge in [0.1, 0.15) is 0 Å². The fourth-order valence-electron chi connectivity index (χ4n) is 0. The Morgan fingerprint density at radius 2 is 1.71 bits per heavy atom. The molecule has 0 aromatic carbocycles. The van der Waals surface area contributed by atoms with Gasteiger partial charge in [-0.05, 0) is 0 Å². The van der Waals surface area contributed by atoms with Crippen LogP contribution < -0.4 is 0 Å². The minimum atomic E-state index is -3.88. The highest BCUT2D eigenvalue weighted by molar-refractivity contribution is 7.55. The molecule has 0 aliphatic carbocycles. The molecule has 0 aromatic rings. The molecular formula is C2H6ClO3P. The summed E-state index contributed by atoms with van der Waals surface area (Å²) < 4.78 is 9.58. The molecule has 5 heteroatoms. The summed E-state index contributed by atoms with van der Waals surface area (Å²) in [6.07, 6.45) is 0. The average Bonchev–Trinajstić information content (AvgIpc) is 1.35. The standard InChI is InChI=1S/C2H5O3P.ClH/c1-2-6(3,4)5;/h2H,1H2,(H2,3,4,5);1H. The third-order valence-corrected chi connectivity index (χ3v) is 0.714. The molecule has 0 rings (SSSR count). The second kappa shape index (κ2) is 3.22. The third kappa shape index (κ3) is 10.7. The highest BCUT2D eigenvalue weighted by atomic mass is 35.5. The van der Waals surface area contributed by atoms with Crippen LogP contribution in [0.3, 0.4) is 0 Å². The van der Waals surface area contributed by atoms with E-state index in [2.05, 4.69) is 6.58 Å². The van der Waals surface area contributed by atoms with Crippen LogP contribution in [-0.2, 0) is 4.57 Å². The molecule has 0 heterocycles. The Kier molecular flexibility index (Phi) is 4.70. The molecule has 0 bridgehead atoms. The molecule has 3 nitrogen and oxygen atoms in total. The zero-order valence-corrected chi connectivity index (χ0v) is 5.15. The Bertz CT molecular complexity index is 95.1. The molecule has 0 radical (unpaired) electrons. The van der Waals surface area contributed by atoms with Crippen LogP contribution in [0.15, 0.2) is 12.4 Å². The summed E-state index contributed by atoms with van der Waals surface area (Å²) in [7, 11) is -3.88. The number of halogens is 1. The smallest absolute Gasteiger partial charge is 0.321 e. The molecule has 0 aromatic heterocycles. The fraction of sp³-hybridized carbons (Fsp3) is 0. The summed E-state index contributed by atoms with van der Waals surface area (Å²) >= 11 is 0. The van der Waals surface area contributed by atoms with E-state index in [1.165, 1.54) is 0 Å². The van der Waals surface area contributed by atoms with Gasteiger partial charge in [-0.25, -0.2) is 0 Å². The van der Waals surface area contributed by atoms with E-state index >= 15 is 0 Å². The van der Waals surface area contributed by atoms with Crippen molar-refractivity contribution in [2.45, 2.75) is 0 Å². The molecule has 2 N–H and O–H groups in total. The van der Waals surface area contributed by atoms with Gasteiger partial charge in [-0.2, -0.15) is 0 Å². The van der Waals surface area contributed by atoms with Crippen molar-refractivity contribution in [3.05, 3.63) is 12.4 Å². The van der Waals surface area contributed by atoms with E-state index in [0.717, 1.165) is 0 Å². The first-order chi connectivity index (χ1) is 2.56. The van der Waals surface area contributed by atoms with Crippen molar-refractivity contribution in [1.29, 1.82) is 0 Å². The van der Waals surface area contributed by atoms with Gasteiger partial charge in [-0.3, -0.25) is 4.57 Å². The summed E-state index contributed by atoms with van der Waals surface area (Å²) in [6, 6.07) is 0. The highest BCUT2D eigenvalue weighted by Gasteiger charge is 2.00. The van der Waals surface area contributed by atoms with Crippen LogP contribution in [-0.4, -0.2) is 9.79 Å². The summed E-state index contributed by atoms with van der Waals surface area (Å²) in [6.45, 7) is 2.87. The first kappa shape index (κ1) is 10.2. The van der Waals surface area contributed by atoms with Crippen molar-refractivity contribution >= 4 is 20.0 Å². The average molecular weight is 144 g/mol. The van der Waals surface area contributed by atoms with Gasteiger partial charge in [0.05, 0.1) is 0 Å². The monoisotopic (exact) mass is 144 g/mol. The molecule has 0 spiro atoms. The molecular weight excluding hydrogens is 138 g/mol. The van der Waals surface area contributed by atoms with E-state index in [4.69, 9.17) is 9.79 Å². The third-order valence-electron chi connectivity index (χ3n) is 0.238. The lowest BCUT2D eigenvalue weighted by Gasteiger charge is -1.87. The van der Waals surface area contributed by atoms with Crippen molar-refractivity contribution in [2.75, 3.05) is 0 Å². The van der Waals surface area contributed by atoms with Crippen molar-refractivity contribution in [3.63, 3.8) is 0 Å². The Morgan fingerprint density at radius 3 is 1.71 bits per heavy atom. The first-order valence-corrected chi connectivity index (χ1v) is 2.93. The molecule has 0 saturated carbocycles. The molecule has 0 atom stereocenters. The van der Waals surface area contributed by atoms with Crippen molar-refractivity contribution in [1.82, 2.24) is 0 Å². The van der Waals surface area contributed by atoms with E-state index in [1.54, 1.807) is 0 Å². The predicted octanol–water partition coefficient (Wildman–Crippen LogP) is 0.729. The summed E-state index contributed by atoms with van der Waals surface area (Å²) in [5.41, 5.74) is 0. The van der Waals surface area contributed by atoms with Crippen molar-refractivity contribution in [3.8, 4) is 0 Å². The molecule has 0 aliphatic rings. The minimum absolute atomic E-state index is 0. The minimum Gasteiger partial charge on any atom is -0.321 e. The lowest BCUT2D eigenvalue weighted by atomic mass is 11.3. The van der Waals surface area contributed by atoms with Crippen LogP contribution in [0.4, 0.5) is 0 Å². The van der Waals surface area contributed by atoms with E-state index in [-0.39, 0.29) is 12.4 Å². The maximum atomic E-state index is 9.58. The zero-order valence-electron chi connectivity index (χ0n) is 3.44. The van der Waals surface area contributed by atoms with Gasteiger partial charge in [0.25, 0.3) is 0 Å². The van der Waals surface area contributed by atoms with Crippen LogP contribution >= 0.6 is 20.0 Å². The molecule has 7 heavy (non-hydrogen) atoms. The van der Waals surface area contributed by atoms with Gasteiger partial charge in [0, 0.05) is 5.82 Å². The first-order valence-electron chi connectivity index (χ1n) is 1.25. The van der Waals surface area contributed by atoms with Gasteiger partial charge < -0.3 is 9.79 Å². The summed E-state index contributed by atoms with van der Waals surface area (Å²) in [4.78, 5) is 15.6. The van der Waals surface area contributed by atoms with Crippen LogP contribution in [0, 0.1) is 0 Å². The van der Waals surface area contributed by atoms with Gasteiger partial charge in [0.15, 0.2) is 0 Å². The second-order valence-electron chi connectivity index (χ2n) is 0.772.